The molecule has 2 rings (SSSR count). The molecule has 2 aromatic carbocycles. The number of benzene rings is 2. The van der Waals surface area contributed by atoms with Crippen LogP contribution in [0.5, 0.6) is 0 Å². The van der Waals surface area contributed by atoms with Crippen LogP contribution in [0.25, 0.3) is 0 Å². The Bertz CT molecular complexity index is 651. The van der Waals surface area contributed by atoms with Crippen molar-refractivity contribution in [2.24, 2.45) is 0 Å². The van der Waals surface area contributed by atoms with Crippen molar-refractivity contribution in [2.45, 2.75) is 6.61 Å². The summed E-state index contributed by atoms with van der Waals surface area (Å²) in [5.41, 5.74) is 2.25. The van der Waals surface area contributed by atoms with Crippen molar-refractivity contribution >= 4 is 5.69 Å². The fraction of sp³-hybridized carbons (Fsp3) is 0.0667. The van der Waals surface area contributed by atoms with Crippen LogP contribution in [0.4, 0.5) is 5.69 Å². The predicted molar refractivity (Wildman–Crippen MR) is 71.4 cm³/mol. The Kier molecular flexibility index (Phi) is 3.91. The summed E-state index contributed by atoms with van der Waals surface area (Å²) < 4.78 is 0. The molecular formula is C15H11NO3. The van der Waals surface area contributed by atoms with Gasteiger partial charge in [-0.15, -0.1) is 0 Å². The Morgan fingerprint density at radius 3 is 2.37 bits per heavy atom. The average molecular weight is 253 g/mol. The third-order valence-corrected chi connectivity index (χ3v) is 2.61. The highest BCUT2D eigenvalue weighted by atomic mass is 16.6. The van der Waals surface area contributed by atoms with Gasteiger partial charge in [0, 0.05) is 23.3 Å². The van der Waals surface area contributed by atoms with Crippen LogP contribution in [-0.2, 0) is 6.61 Å². The highest BCUT2D eigenvalue weighted by Gasteiger charge is 2.02. The number of hydrogen-bond acceptors (Lipinski definition) is 3. The van der Waals surface area contributed by atoms with E-state index in [-0.39, 0.29) is 12.3 Å². The zero-order valence-electron chi connectivity index (χ0n) is 10.0. The number of nitro benzene ring substituents is 1. The highest BCUT2D eigenvalue weighted by Crippen LogP contribution is 2.12. The van der Waals surface area contributed by atoms with Crippen LogP contribution in [0.2, 0.25) is 0 Å². The monoisotopic (exact) mass is 253 g/mol. The molecule has 0 spiro atoms. The van der Waals surface area contributed by atoms with Crippen LogP contribution in [0.1, 0.15) is 16.7 Å². The third-order valence-electron chi connectivity index (χ3n) is 2.61. The first-order chi connectivity index (χ1) is 9.20. The van der Waals surface area contributed by atoms with Crippen molar-refractivity contribution in [3.63, 3.8) is 0 Å². The lowest BCUT2D eigenvalue weighted by Gasteiger charge is -1.98. The second kappa shape index (κ2) is 5.80. The van der Waals surface area contributed by atoms with Crippen molar-refractivity contribution in [3.8, 4) is 11.8 Å². The van der Waals surface area contributed by atoms with Gasteiger partial charge in [0.05, 0.1) is 11.5 Å². The van der Waals surface area contributed by atoms with E-state index < -0.39 is 4.92 Å². The van der Waals surface area contributed by atoms with Crippen LogP contribution < -0.4 is 0 Å². The summed E-state index contributed by atoms with van der Waals surface area (Å²) in [6, 6.07) is 13.4. The maximum Gasteiger partial charge on any atom is 0.269 e. The van der Waals surface area contributed by atoms with Crippen LogP contribution in [-0.4, -0.2) is 10.0 Å². The topological polar surface area (TPSA) is 63.4 Å². The molecule has 0 saturated heterocycles. The molecule has 4 nitrogen and oxygen atoms in total. The van der Waals surface area contributed by atoms with Gasteiger partial charge in [-0.25, -0.2) is 0 Å². The first kappa shape index (κ1) is 12.8. The van der Waals surface area contributed by atoms with E-state index in [0.717, 1.165) is 11.1 Å². The number of aliphatic hydroxyl groups is 1. The van der Waals surface area contributed by atoms with Gasteiger partial charge >= 0.3 is 0 Å². The molecule has 0 atom stereocenters. The van der Waals surface area contributed by atoms with Gasteiger partial charge < -0.3 is 5.11 Å². The SMILES string of the molecule is O=[N+]([O-])c1ccc(C#Cc2ccccc2CO)cc1. The minimum absolute atomic E-state index is 0.0429. The molecule has 19 heavy (non-hydrogen) atoms. The third kappa shape index (κ3) is 3.18. The fourth-order valence-electron chi connectivity index (χ4n) is 1.59. The molecule has 0 amide bonds. The Morgan fingerprint density at radius 1 is 1.05 bits per heavy atom. The van der Waals surface area contributed by atoms with Gasteiger partial charge in [0.1, 0.15) is 0 Å². The van der Waals surface area contributed by atoms with Gasteiger partial charge in [-0.2, -0.15) is 0 Å². The largest absolute Gasteiger partial charge is 0.392 e. The smallest absolute Gasteiger partial charge is 0.269 e. The highest BCUT2D eigenvalue weighted by molar-refractivity contribution is 5.48. The van der Waals surface area contributed by atoms with Crippen LogP contribution in [0, 0.1) is 22.0 Å². The zero-order valence-corrected chi connectivity index (χ0v) is 10.0. The predicted octanol–water partition coefficient (Wildman–Crippen LogP) is 2.49. The van der Waals surface area contributed by atoms with E-state index in [1.807, 2.05) is 18.2 Å². The van der Waals surface area contributed by atoms with E-state index >= 15 is 0 Å². The van der Waals surface area contributed by atoms with Gasteiger partial charge in [0.25, 0.3) is 5.69 Å². The summed E-state index contributed by atoms with van der Waals surface area (Å²) in [7, 11) is 0. The Morgan fingerprint density at radius 2 is 1.74 bits per heavy atom. The molecule has 0 fully saturated rings. The number of nitrogens with zero attached hydrogens (tertiary/aromatic N) is 1. The lowest BCUT2D eigenvalue weighted by molar-refractivity contribution is -0.384. The second-order valence-electron chi connectivity index (χ2n) is 3.87. The van der Waals surface area contributed by atoms with E-state index in [9.17, 15) is 15.2 Å². The minimum atomic E-state index is -0.446. The first-order valence-corrected chi connectivity index (χ1v) is 5.66. The molecule has 0 bridgehead atoms. The fourth-order valence-corrected chi connectivity index (χ4v) is 1.59. The van der Waals surface area contributed by atoms with Crippen LogP contribution >= 0.6 is 0 Å². The molecule has 94 valence electrons. The lowest BCUT2D eigenvalue weighted by Crippen LogP contribution is -1.89. The first-order valence-electron chi connectivity index (χ1n) is 5.66. The maximum absolute atomic E-state index is 10.5. The Labute approximate surface area is 110 Å². The van der Waals surface area contributed by atoms with E-state index in [0.29, 0.717) is 5.56 Å². The summed E-state index contributed by atoms with van der Waals surface area (Å²) in [5.74, 6) is 5.87. The number of nitro groups is 1. The molecule has 1 N–H and O–H groups in total. The normalized spacial score (nSPS) is 9.53. The summed E-state index contributed by atoms with van der Waals surface area (Å²) in [5, 5.41) is 19.7. The number of hydrogen-bond donors (Lipinski definition) is 1. The second-order valence-corrected chi connectivity index (χ2v) is 3.87. The lowest BCUT2D eigenvalue weighted by atomic mass is 10.1. The molecule has 0 aliphatic heterocycles. The standard InChI is InChI=1S/C15H11NO3/c17-11-14-4-2-1-3-13(14)8-5-12-6-9-15(10-7-12)16(18)19/h1-4,6-7,9-10,17H,11H2. The zero-order chi connectivity index (χ0) is 13.7. The van der Waals surface area contributed by atoms with E-state index in [1.165, 1.54) is 12.1 Å². The molecule has 4 heteroatoms. The molecule has 0 unspecified atom stereocenters. The molecular weight excluding hydrogens is 242 g/mol. The van der Waals surface area contributed by atoms with E-state index in [4.69, 9.17) is 0 Å². The van der Waals surface area contributed by atoms with Gasteiger partial charge in [-0.1, -0.05) is 30.0 Å². The number of non-ortho nitro benzene ring substituents is 1. The molecule has 0 aliphatic rings. The Hall–Kier alpha value is -2.64. The molecule has 2 aromatic rings. The van der Waals surface area contributed by atoms with Gasteiger partial charge in [0.2, 0.25) is 0 Å². The summed E-state index contributed by atoms with van der Waals surface area (Å²) in [6.07, 6.45) is 0. The number of rotatable bonds is 2. The average Bonchev–Trinajstić information content (AvgIpc) is 2.45. The van der Waals surface area contributed by atoms with Gasteiger partial charge in [-0.05, 0) is 23.8 Å². The summed E-state index contributed by atoms with van der Waals surface area (Å²) in [4.78, 5) is 10.1. The van der Waals surface area contributed by atoms with E-state index in [1.54, 1.807) is 18.2 Å². The molecule has 0 saturated carbocycles. The van der Waals surface area contributed by atoms with Gasteiger partial charge in [0.15, 0.2) is 0 Å². The van der Waals surface area contributed by atoms with Crippen LogP contribution in [0.3, 0.4) is 0 Å². The van der Waals surface area contributed by atoms with Crippen molar-refractivity contribution in [3.05, 3.63) is 75.3 Å². The maximum atomic E-state index is 10.5. The molecule has 0 aromatic heterocycles. The quantitative estimate of drug-likeness (QED) is 0.508. The van der Waals surface area contributed by atoms with Crippen molar-refractivity contribution < 1.29 is 10.0 Å². The summed E-state index contributed by atoms with van der Waals surface area (Å²) >= 11 is 0. The summed E-state index contributed by atoms with van der Waals surface area (Å²) in [6.45, 7) is -0.0644. The Balaban J connectivity index is 2.26. The van der Waals surface area contributed by atoms with Crippen molar-refractivity contribution in [1.82, 2.24) is 0 Å². The molecule has 0 heterocycles. The van der Waals surface area contributed by atoms with Gasteiger partial charge in [-0.3, -0.25) is 10.1 Å². The van der Waals surface area contributed by atoms with Crippen molar-refractivity contribution in [1.29, 1.82) is 0 Å². The molecule has 0 aliphatic carbocycles. The van der Waals surface area contributed by atoms with E-state index in [2.05, 4.69) is 11.8 Å². The number of aliphatic hydroxyl groups excluding tert-OH is 1. The minimum Gasteiger partial charge on any atom is -0.392 e. The van der Waals surface area contributed by atoms with Crippen LogP contribution in [0.15, 0.2) is 48.5 Å². The van der Waals surface area contributed by atoms with Crippen molar-refractivity contribution in [2.75, 3.05) is 0 Å². The molecule has 0 radical (unpaired) electrons.